The minimum Gasteiger partial charge on any atom is -0.480 e. The average Bonchev–Trinajstić information content (AvgIpc) is 2.53. The second kappa shape index (κ2) is 7.49. The lowest BCUT2D eigenvalue weighted by atomic mass is 10.1. The molecule has 0 spiro atoms. The number of carboxylic acids is 1. The Morgan fingerprint density at radius 2 is 1.88 bits per heavy atom. The third-order valence-electron chi connectivity index (χ3n) is 4.30. The first kappa shape index (κ1) is 20.6. The zero-order valence-electron chi connectivity index (χ0n) is 13.8. The van der Waals surface area contributed by atoms with Gasteiger partial charge in [0.15, 0.2) is 0 Å². The van der Waals surface area contributed by atoms with Gasteiger partial charge in [0.1, 0.15) is 5.82 Å². The van der Waals surface area contributed by atoms with Crippen LogP contribution in [0.5, 0.6) is 0 Å². The van der Waals surface area contributed by atoms with Gasteiger partial charge in [0.25, 0.3) is 0 Å². The molecule has 11 heteroatoms. The highest BCUT2D eigenvalue weighted by atomic mass is 32.2. The smallest absolute Gasteiger partial charge is 0.417 e. The number of rotatable bonds is 5. The van der Waals surface area contributed by atoms with Gasteiger partial charge in [-0.05, 0) is 38.1 Å². The van der Waals surface area contributed by atoms with Crippen molar-refractivity contribution in [3.05, 3.63) is 29.6 Å². The van der Waals surface area contributed by atoms with Crippen LogP contribution in [0.25, 0.3) is 0 Å². The first-order valence-corrected chi connectivity index (χ1v) is 9.16. The van der Waals surface area contributed by atoms with E-state index >= 15 is 0 Å². The average molecular weight is 398 g/mol. The van der Waals surface area contributed by atoms with E-state index in [4.69, 9.17) is 5.11 Å². The van der Waals surface area contributed by atoms with Crippen LogP contribution in [-0.2, 0) is 21.0 Å². The van der Waals surface area contributed by atoms with Crippen LogP contribution in [0.15, 0.2) is 23.1 Å². The van der Waals surface area contributed by atoms with Crippen molar-refractivity contribution in [2.75, 3.05) is 26.7 Å². The van der Waals surface area contributed by atoms with Gasteiger partial charge in [0, 0.05) is 19.1 Å². The standard InChI is InChI=1S/C15H18F4N2O4S/c1-20(9-14(22)23)11-4-6-21(7-5-11)26(24,25)13-3-2-10(16)8-12(13)15(17,18)19/h2-3,8,11H,4-7,9H2,1H3,(H,22,23). The monoisotopic (exact) mass is 398 g/mol. The van der Waals surface area contributed by atoms with E-state index in [2.05, 4.69) is 0 Å². The van der Waals surface area contributed by atoms with Gasteiger partial charge in [-0.15, -0.1) is 0 Å². The lowest BCUT2D eigenvalue weighted by molar-refractivity contribution is -0.140. The maximum Gasteiger partial charge on any atom is 0.417 e. The number of hydrogen-bond donors (Lipinski definition) is 1. The molecule has 26 heavy (non-hydrogen) atoms. The molecule has 1 aliphatic rings. The molecular weight excluding hydrogens is 380 g/mol. The topological polar surface area (TPSA) is 77.9 Å². The van der Waals surface area contributed by atoms with E-state index < -0.39 is 38.4 Å². The van der Waals surface area contributed by atoms with E-state index in [9.17, 15) is 30.8 Å². The molecule has 1 saturated heterocycles. The summed E-state index contributed by atoms with van der Waals surface area (Å²) >= 11 is 0. The van der Waals surface area contributed by atoms with Crippen LogP contribution in [0, 0.1) is 5.82 Å². The number of hydrogen-bond acceptors (Lipinski definition) is 4. The molecule has 0 bridgehead atoms. The van der Waals surface area contributed by atoms with E-state index in [1.807, 2.05) is 0 Å². The van der Waals surface area contributed by atoms with Gasteiger partial charge in [-0.3, -0.25) is 9.69 Å². The fourth-order valence-electron chi connectivity index (χ4n) is 2.95. The highest BCUT2D eigenvalue weighted by Gasteiger charge is 2.40. The van der Waals surface area contributed by atoms with E-state index in [0.717, 1.165) is 4.31 Å². The zero-order chi connectivity index (χ0) is 19.7. The quantitative estimate of drug-likeness (QED) is 0.768. The van der Waals surface area contributed by atoms with Crippen molar-refractivity contribution in [3.63, 3.8) is 0 Å². The number of sulfonamides is 1. The Morgan fingerprint density at radius 3 is 2.38 bits per heavy atom. The van der Waals surface area contributed by atoms with Crippen LogP contribution in [-0.4, -0.2) is 61.4 Å². The molecular formula is C15H18F4N2O4S. The largest absolute Gasteiger partial charge is 0.480 e. The highest BCUT2D eigenvalue weighted by Crippen LogP contribution is 2.36. The number of carbonyl (C=O) groups is 1. The van der Waals surface area contributed by atoms with Gasteiger partial charge in [0.05, 0.1) is 17.0 Å². The summed E-state index contributed by atoms with van der Waals surface area (Å²) in [4.78, 5) is 11.3. The fraction of sp³-hybridized carbons (Fsp3) is 0.533. The van der Waals surface area contributed by atoms with Gasteiger partial charge in [-0.2, -0.15) is 17.5 Å². The Labute approximate surface area is 148 Å². The molecule has 1 heterocycles. The van der Waals surface area contributed by atoms with Gasteiger partial charge in [0.2, 0.25) is 10.0 Å². The molecule has 0 unspecified atom stereocenters. The molecule has 0 radical (unpaired) electrons. The number of likely N-dealkylation sites (N-methyl/N-ethyl adjacent to an activating group) is 1. The minimum atomic E-state index is -5.01. The molecule has 0 aromatic heterocycles. The number of benzene rings is 1. The van der Waals surface area contributed by atoms with Crippen molar-refractivity contribution < 1.29 is 35.9 Å². The van der Waals surface area contributed by atoms with Crippen LogP contribution in [0.1, 0.15) is 18.4 Å². The first-order valence-electron chi connectivity index (χ1n) is 7.72. The highest BCUT2D eigenvalue weighted by molar-refractivity contribution is 7.89. The Bertz CT molecular complexity index is 774. The molecule has 1 aliphatic heterocycles. The summed E-state index contributed by atoms with van der Waals surface area (Å²) in [5, 5.41) is 8.79. The van der Waals surface area contributed by atoms with E-state index in [1.54, 1.807) is 11.9 Å². The summed E-state index contributed by atoms with van der Waals surface area (Å²) in [6.45, 7) is -0.315. The molecule has 0 amide bonds. The summed E-state index contributed by atoms with van der Waals surface area (Å²) in [6.07, 6.45) is -4.44. The van der Waals surface area contributed by atoms with Crippen molar-refractivity contribution >= 4 is 16.0 Å². The SMILES string of the molecule is CN(CC(=O)O)C1CCN(S(=O)(=O)c2ccc(F)cc2C(F)(F)F)CC1. The Morgan fingerprint density at radius 1 is 1.31 bits per heavy atom. The number of halogens is 4. The maximum atomic E-state index is 13.2. The van der Waals surface area contributed by atoms with Gasteiger partial charge >= 0.3 is 12.1 Å². The predicted octanol–water partition coefficient (Wildman–Crippen LogP) is 2.01. The lowest BCUT2D eigenvalue weighted by Crippen LogP contribution is -2.46. The molecule has 1 N–H and O–H groups in total. The number of alkyl halides is 3. The van der Waals surface area contributed by atoms with Crippen molar-refractivity contribution in [1.82, 2.24) is 9.21 Å². The molecule has 1 aromatic carbocycles. The van der Waals surface area contributed by atoms with Crippen molar-refractivity contribution in [2.45, 2.75) is 30.0 Å². The second-order valence-electron chi connectivity index (χ2n) is 6.08. The molecule has 0 aliphatic carbocycles. The van der Waals surface area contributed by atoms with Gasteiger partial charge in [-0.1, -0.05) is 0 Å². The molecule has 1 fully saturated rings. The van der Waals surface area contributed by atoms with Crippen LogP contribution < -0.4 is 0 Å². The lowest BCUT2D eigenvalue weighted by Gasteiger charge is -2.35. The Hall–Kier alpha value is -1.72. The minimum absolute atomic E-state index is 0.0500. The second-order valence-corrected chi connectivity index (χ2v) is 7.99. The Kier molecular flexibility index (Phi) is 5.93. The van der Waals surface area contributed by atoms with Crippen LogP contribution in [0.3, 0.4) is 0 Å². The molecule has 2 rings (SSSR count). The number of piperidine rings is 1. The Balaban J connectivity index is 2.22. The van der Waals surface area contributed by atoms with Crippen LogP contribution in [0.4, 0.5) is 17.6 Å². The van der Waals surface area contributed by atoms with E-state index in [0.29, 0.717) is 12.1 Å². The molecule has 1 aromatic rings. The van der Waals surface area contributed by atoms with E-state index in [1.165, 1.54) is 0 Å². The molecule has 146 valence electrons. The third kappa shape index (κ3) is 4.51. The van der Waals surface area contributed by atoms with Crippen LogP contribution >= 0.6 is 0 Å². The fourth-order valence-corrected chi connectivity index (χ4v) is 4.62. The number of carboxylic acid groups (broad SMARTS) is 1. The van der Waals surface area contributed by atoms with E-state index in [-0.39, 0.29) is 44.6 Å². The number of nitrogens with zero attached hydrogens (tertiary/aromatic N) is 2. The first-order chi connectivity index (χ1) is 11.9. The summed E-state index contributed by atoms with van der Waals surface area (Å²) in [7, 11) is -2.86. The van der Waals surface area contributed by atoms with Crippen LogP contribution in [0.2, 0.25) is 0 Å². The third-order valence-corrected chi connectivity index (χ3v) is 6.25. The number of aliphatic carboxylic acids is 1. The summed E-state index contributed by atoms with van der Waals surface area (Å²) < 4.78 is 78.6. The zero-order valence-corrected chi connectivity index (χ0v) is 14.6. The summed E-state index contributed by atoms with van der Waals surface area (Å²) in [5.74, 6) is -2.20. The molecule has 0 saturated carbocycles. The molecule has 6 nitrogen and oxygen atoms in total. The van der Waals surface area contributed by atoms with Gasteiger partial charge in [-0.25, -0.2) is 12.8 Å². The van der Waals surface area contributed by atoms with Gasteiger partial charge < -0.3 is 5.11 Å². The predicted molar refractivity (Wildman–Crippen MR) is 83.4 cm³/mol. The van der Waals surface area contributed by atoms with Crippen molar-refractivity contribution in [2.24, 2.45) is 0 Å². The summed E-state index contributed by atoms with van der Waals surface area (Å²) in [5.41, 5.74) is -1.54. The van der Waals surface area contributed by atoms with Crippen molar-refractivity contribution in [1.29, 1.82) is 0 Å². The summed E-state index contributed by atoms with van der Waals surface area (Å²) in [6, 6.07) is 1.28. The normalized spacial score (nSPS) is 17.6. The maximum absolute atomic E-state index is 13.2. The molecule has 0 atom stereocenters. The van der Waals surface area contributed by atoms with Crippen molar-refractivity contribution in [3.8, 4) is 0 Å².